The van der Waals surface area contributed by atoms with Crippen LogP contribution in [0.3, 0.4) is 0 Å². The predicted molar refractivity (Wildman–Crippen MR) is 105 cm³/mol. The van der Waals surface area contributed by atoms with Gasteiger partial charge in [-0.3, -0.25) is 9.78 Å². The molecule has 0 aliphatic heterocycles. The number of benzene rings is 1. The second-order valence-corrected chi connectivity index (χ2v) is 6.14. The second-order valence-electron chi connectivity index (χ2n) is 6.14. The van der Waals surface area contributed by atoms with Crippen LogP contribution in [-0.2, 0) is 11.4 Å². The molecule has 0 spiro atoms. The number of methoxy groups -OCH3 is 1. The summed E-state index contributed by atoms with van der Waals surface area (Å²) in [5.74, 6) is 0.905. The van der Waals surface area contributed by atoms with Gasteiger partial charge in [0.15, 0.2) is 11.5 Å². The van der Waals surface area contributed by atoms with Crippen molar-refractivity contribution in [2.75, 3.05) is 12.4 Å². The minimum atomic E-state index is -0.911. The standard InChI is InChI=1S/C19H25N3O3.ClH/c1-4-9-19(2,20)18(23)22-15-7-8-16(24-3)17(11-15)25-13-14-6-5-10-21-12-14;/h5-8,10-12H,4,9,13,20H2,1-3H3,(H,22,23);1H. The van der Waals surface area contributed by atoms with Crippen LogP contribution in [-0.4, -0.2) is 23.5 Å². The molecule has 0 saturated carbocycles. The summed E-state index contributed by atoms with van der Waals surface area (Å²) in [5, 5.41) is 2.85. The van der Waals surface area contributed by atoms with Crippen LogP contribution in [0.25, 0.3) is 0 Å². The number of hydrogen-bond acceptors (Lipinski definition) is 5. The summed E-state index contributed by atoms with van der Waals surface area (Å²) in [7, 11) is 1.57. The Labute approximate surface area is 160 Å². The molecule has 0 bridgehead atoms. The predicted octanol–water partition coefficient (Wildman–Crippen LogP) is 3.55. The summed E-state index contributed by atoms with van der Waals surface area (Å²) < 4.78 is 11.1. The van der Waals surface area contributed by atoms with E-state index >= 15 is 0 Å². The molecule has 142 valence electrons. The van der Waals surface area contributed by atoms with Crippen molar-refractivity contribution < 1.29 is 14.3 Å². The number of halogens is 1. The second kappa shape index (κ2) is 9.99. The van der Waals surface area contributed by atoms with E-state index in [1.807, 2.05) is 19.1 Å². The Morgan fingerprint density at radius 1 is 1.31 bits per heavy atom. The van der Waals surface area contributed by atoms with E-state index in [2.05, 4.69) is 10.3 Å². The first-order valence-electron chi connectivity index (χ1n) is 8.26. The lowest BCUT2D eigenvalue weighted by molar-refractivity contribution is -0.120. The maximum atomic E-state index is 12.4. The Balaban J connectivity index is 0.00000338. The molecule has 2 aromatic rings. The van der Waals surface area contributed by atoms with Gasteiger partial charge in [0.2, 0.25) is 5.91 Å². The van der Waals surface area contributed by atoms with Crippen LogP contribution in [0.2, 0.25) is 0 Å². The van der Waals surface area contributed by atoms with Gasteiger partial charge in [-0.25, -0.2) is 0 Å². The van der Waals surface area contributed by atoms with Crippen molar-refractivity contribution in [1.82, 2.24) is 4.98 Å². The normalized spacial score (nSPS) is 12.5. The Morgan fingerprint density at radius 3 is 2.69 bits per heavy atom. The molecule has 1 aromatic carbocycles. The summed E-state index contributed by atoms with van der Waals surface area (Å²) >= 11 is 0. The fraction of sp³-hybridized carbons (Fsp3) is 0.368. The zero-order valence-corrected chi connectivity index (χ0v) is 16.1. The first kappa shape index (κ1) is 21.7. The first-order valence-corrected chi connectivity index (χ1v) is 8.26. The largest absolute Gasteiger partial charge is 0.493 e. The Morgan fingerprint density at radius 2 is 2.08 bits per heavy atom. The molecule has 3 N–H and O–H groups in total. The van der Waals surface area contributed by atoms with Gasteiger partial charge in [-0.15, -0.1) is 12.4 Å². The lowest BCUT2D eigenvalue weighted by atomic mass is 9.96. The molecule has 0 aliphatic rings. The van der Waals surface area contributed by atoms with Gasteiger partial charge in [0.1, 0.15) is 6.61 Å². The van der Waals surface area contributed by atoms with Crippen LogP contribution in [0.4, 0.5) is 5.69 Å². The van der Waals surface area contributed by atoms with Gasteiger partial charge in [0.25, 0.3) is 0 Å². The Bertz CT molecular complexity index is 708. The maximum Gasteiger partial charge on any atom is 0.244 e. The molecule has 1 unspecified atom stereocenters. The number of anilines is 1. The summed E-state index contributed by atoms with van der Waals surface area (Å²) in [5.41, 5.74) is 6.71. The van der Waals surface area contributed by atoms with Crippen LogP contribution >= 0.6 is 12.4 Å². The zero-order chi connectivity index (χ0) is 18.3. The first-order chi connectivity index (χ1) is 12.0. The van der Waals surface area contributed by atoms with Crippen molar-refractivity contribution in [1.29, 1.82) is 0 Å². The van der Waals surface area contributed by atoms with Crippen LogP contribution in [0.5, 0.6) is 11.5 Å². The molecular weight excluding hydrogens is 354 g/mol. The minimum absolute atomic E-state index is 0. The van der Waals surface area contributed by atoms with Crippen LogP contribution in [0.1, 0.15) is 32.3 Å². The number of nitrogens with zero attached hydrogens (tertiary/aromatic N) is 1. The van der Waals surface area contributed by atoms with Crippen LogP contribution in [0.15, 0.2) is 42.7 Å². The lowest BCUT2D eigenvalue weighted by Crippen LogP contribution is -2.48. The molecule has 2 rings (SSSR count). The summed E-state index contributed by atoms with van der Waals surface area (Å²) in [4.78, 5) is 16.4. The molecule has 6 nitrogen and oxygen atoms in total. The van der Waals surface area contributed by atoms with Crippen molar-refractivity contribution in [2.45, 2.75) is 38.8 Å². The average molecular weight is 380 g/mol. The topological polar surface area (TPSA) is 86.5 Å². The summed E-state index contributed by atoms with van der Waals surface area (Å²) in [6, 6.07) is 9.02. The van der Waals surface area contributed by atoms with E-state index in [-0.39, 0.29) is 18.3 Å². The SMILES string of the molecule is CCCC(C)(N)C(=O)Nc1ccc(OC)c(OCc2cccnc2)c1.Cl. The number of amides is 1. The van der Waals surface area contributed by atoms with Gasteiger partial charge in [0.05, 0.1) is 12.6 Å². The maximum absolute atomic E-state index is 12.4. The molecule has 1 heterocycles. The van der Waals surface area contributed by atoms with Gasteiger partial charge in [-0.2, -0.15) is 0 Å². The average Bonchev–Trinajstić information content (AvgIpc) is 2.61. The minimum Gasteiger partial charge on any atom is -0.493 e. The number of pyridine rings is 1. The summed E-state index contributed by atoms with van der Waals surface area (Å²) in [6.07, 6.45) is 4.89. The molecule has 1 amide bonds. The highest BCUT2D eigenvalue weighted by atomic mass is 35.5. The number of hydrogen-bond donors (Lipinski definition) is 2. The highest BCUT2D eigenvalue weighted by Gasteiger charge is 2.27. The fourth-order valence-corrected chi connectivity index (χ4v) is 2.42. The third kappa shape index (κ3) is 5.89. The van der Waals surface area contributed by atoms with E-state index in [4.69, 9.17) is 15.2 Å². The van der Waals surface area contributed by atoms with Gasteiger partial charge >= 0.3 is 0 Å². The number of carbonyl (C=O) groups is 1. The molecule has 26 heavy (non-hydrogen) atoms. The number of carbonyl (C=O) groups excluding carboxylic acids is 1. The number of ether oxygens (including phenoxy) is 2. The van der Waals surface area contributed by atoms with Crippen LogP contribution in [0, 0.1) is 0 Å². The van der Waals surface area contributed by atoms with Crippen molar-refractivity contribution >= 4 is 24.0 Å². The molecule has 0 aliphatic carbocycles. The van der Waals surface area contributed by atoms with Gasteiger partial charge < -0.3 is 20.5 Å². The van der Waals surface area contributed by atoms with E-state index in [0.29, 0.717) is 30.2 Å². The number of rotatable bonds is 8. The summed E-state index contributed by atoms with van der Waals surface area (Å²) in [6.45, 7) is 4.08. The molecule has 0 saturated heterocycles. The van der Waals surface area contributed by atoms with E-state index in [0.717, 1.165) is 12.0 Å². The van der Waals surface area contributed by atoms with Gasteiger partial charge in [-0.1, -0.05) is 19.4 Å². The van der Waals surface area contributed by atoms with E-state index in [1.165, 1.54) is 0 Å². The van der Waals surface area contributed by atoms with E-state index < -0.39 is 5.54 Å². The fourth-order valence-electron chi connectivity index (χ4n) is 2.42. The third-order valence-electron chi connectivity index (χ3n) is 3.83. The van der Waals surface area contributed by atoms with E-state index in [1.54, 1.807) is 44.6 Å². The Kier molecular flexibility index (Phi) is 8.35. The quantitative estimate of drug-likeness (QED) is 0.732. The molecule has 0 fully saturated rings. The number of nitrogens with two attached hydrogens (primary N) is 1. The molecule has 7 heteroatoms. The Hall–Kier alpha value is -2.31. The molecule has 0 radical (unpaired) electrons. The van der Waals surface area contributed by atoms with Crippen molar-refractivity contribution in [3.8, 4) is 11.5 Å². The van der Waals surface area contributed by atoms with Crippen molar-refractivity contribution in [2.24, 2.45) is 5.73 Å². The van der Waals surface area contributed by atoms with Gasteiger partial charge in [-0.05, 0) is 31.5 Å². The van der Waals surface area contributed by atoms with Crippen molar-refractivity contribution in [3.63, 3.8) is 0 Å². The number of aromatic nitrogens is 1. The smallest absolute Gasteiger partial charge is 0.244 e. The molecule has 1 atom stereocenters. The number of nitrogens with one attached hydrogen (secondary N) is 1. The van der Waals surface area contributed by atoms with Gasteiger partial charge in [0, 0.05) is 29.7 Å². The monoisotopic (exact) mass is 379 g/mol. The van der Waals surface area contributed by atoms with E-state index in [9.17, 15) is 4.79 Å². The highest BCUT2D eigenvalue weighted by Crippen LogP contribution is 2.31. The van der Waals surface area contributed by atoms with Crippen LogP contribution < -0.4 is 20.5 Å². The highest BCUT2D eigenvalue weighted by molar-refractivity contribution is 5.97. The van der Waals surface area contributed by atoms with Crippen molar-refractivity contribution in [3.05, 3.63) is 48.3 Å². The molecular formula is C19H26ClN3O3. The lowest BCUT2D eigenvalue weighted by Gasteiger charge is -2.23. The zero-order valence-electron chi connectivity index (χ0n) is 15.3. The molecule has 1 aromatic heterocycles. The third-order valence-corrected chi connectivity index (χ3v) is 3.83.